The Kier molecular flexibility index (Phi) is 4.04. The average Bonchev–Trinajstić information content (AvgIpc) is 2.29. The highest BCUT2D eigenvalue weighted by Gasteiger charge is 2.19. The maximum atomic E-state index is 13.1. The fourth-order valence-corrected chi connectivity index (χ4v) is 1.24. The number of methoxy groups -OCH3 is 1. The largest absolute Gasteiger partial charge is 0.466 e. The lowest BCUT2D eigenvalue weighted by atomic mass is 10.0. The Morgan fingerprint density at radius 2 is 2.25 bits per heavy atom. The summed E-state index contributed by atoms with van der Waals surface area (Å²) in [5.41, 5.74) is 0.0292. The first-order valence-corrected chi connectivity index (χ1v) is 4.75. The van der Waals surface area contributed by atoms with Gasteiger partial charge in [0.25, 0.3) is 0 Å². The summed E-state index contributed by atoms with van der Waals surface area (Å²) in [5.74, 6) is -1.42. The number of esters is 1. The fraction of sp³-hybridized carbons (Fsp3) is 0.182. The van der Waals surface area contributed by atoms with Gasteiger partial charge in [0.1, 0.15) is 11.9 Å². The third-order valence-corrected chi connectivity index (χ3v) is 2.34. The second kappa shape index (κ2) is 5.09. The summed E-state index contributed by atoms with van der Waals surface area (Å²) >= 11 is 5.48. The highest BCUT2D eigenvalue weighted by Crippen LogP contribution is 2.24. The number of hydrogen-bond donors (Lipinski definition) is 1. The van der Waals surface area contributed by atoms with Crippen LogP contribution in [0, 0.1) is 5.82 Å². The van der Waals surface area contributed by atoms with Crippen molar-refractivity contribution in [2.45, 2.75) is 6.10 Å². The third kappa shape index (κ3) is 2.59. The Labute approximate surface area is 97.1 Å². The number of hydrogen-bond acceptors (Lipinski definition) is 3. The monoisotopic (exact) mass is 244 g/mol. The van der Waals surface area contributed by atoms with Crippen LogP contribution in [0.15, 0.2) is 30.4 Å². The summed E-state index contributed by atoms with van der Waals surface area (Å²) in [6, 6.07) is 3.74. The van der Waals surface area contributed by atoms with Crippen molar-refractivity contribution in [3.63, 3.8) is 0 Å². The molecular formula is C11H10ClFO3. The van der Waals surface area contributed by atoms with Gasteiger partial charge in [-0.3, -0.25) is 0 Å². The number of carbonyl (C=O) groups excluding carboxylic acids is 1. The first-order valence-electron chi connectivity index (χ1n) is 4.37. The van der Waals surface area contributed by atoms with E-state index in [0.717, 1.165) is 6.07 Å². The lowest BCUT2D eigenvalue weighted by Crippen LogP contribution is -2.12. The van der Waals surface area contributed by atoms with E-state index in [2.05, 4.69) is 11.3 Å². The Balaban J connectivity index is 2.96. The molecule has 0 aliphatic carbocycles. The summed E-state index contributed by atoms with van der Waals surface area (Å²) in [4.78, 5) is 11.1. The van der Waals surface area contributed by atoms with Crippen LogP contribution in [-0.4, -0.2) is 18.2 Å². The molecule has 0 saturated carbocycles. The molecule has 1 atom stereocenters. The van der Waals surface area contributed by atoms with Crippen molar-refractivity contribution in [1.29, 1.82) is 0 Å². The van der Waals surface area contributed by atoms with Crippen molar-refractivity contribution < 1.29 is 19.0 Å². The molecular weight excluding hydrogens is 235 g/mol. The zero-order chi connectivity index (χ0) is 12.3. The van der Waals surface area contributed by atoms with Crippen LogP contribution in [0.1, 0.15) is 11.7 Å². The number of benzene rings is 1. The van der Waals surface area contributed by atoms with E-state index < -0.39 is 17.9 Å². The summed E-state index contributed by atoms with van der Waals surface area (Å²) in [6.07, 6.45) is -1.31. The third-order valence-electron chi connectivity index (χ3n) is 2.04. The van der Waals surface area contributed by atoms with Gasteiger partial charge in [0.05, 0.1) is 17.7 Å². The fourth-order valence-electron chi connectivity index (χ4n) is 1.13. The predicted octanol–water partition coefficient (Wildman–Crippen LogP) is 2.24. The number of halogens is 2. The minimum absolute atomic E-state index is 0.0559. The van der Waals surface area contributed by atoms with Gasteiger partial charge in [-0.15, -0.1) is 0 Å². The molecule has 0 unspecified atom stereocenters. The number of carbonyl (C=O) groups is 1. The molecule has 1 aromatic carbocycles. The predicted molar refractivity (Wildman–Crippen MR) is 57.5 cm³/mol. The van der Waals surface area contributed by atoms with E-state index >= 15 is 0 Å². The van der Waals surface area contributed by atoms with Crippen molar-refractivity contribution in [1.82, 2.24) is 0 Å². The van der Waals surface area contributed by atoms with Crippen LogP contribution in [0.5, 0.6) is 0 Å². The van der Waals surface area contributed by atoms with E-state index in [4.69, 9.17) is 11.6 Å². The molecule has 1 aromatic rings. The molecule has 0 aliphatic heterocycles. The van der Waals surface area contributed by atoms with Crippen LogP contribution < -0.4 is 0 Å². The van der Waals surface area contributed by atoms with Crippen LogP contribution >= 0.6 is 11.6 Å². The molecule has 0 saturated heterocycles. The van der Waals surface area contributed by atoms with Gasteiger partial charge in [-0.2, -0.15) is 0 Å². The van der Waals surface area contributed by atoms with Gasteiger partial charge in [0.15, 0.2) is 0 Å². The lowest BCUT2D eigenvalue weighted by molar-refractivity contribution is -0.137. The van der Waals surface area contributed by atoms with E-state index in [0.29, 0.717) is 0 Å². The van der Waals surface area contributed by atoms with E-state index in [9.17, 15) is 14.3 Å². The molecule has 0 amide bonds. The Morgan fingerprint density at radius 1 is 1.62 bits per heavy atom. The minimum atomic E-state index is -1.31. The van der Waals surface area contributed by atoms with E-state index in [-0.39, 0.29) is 16.2 Å². The molecule has 0 bridgehead atoms. The van der Waals surface area contributed by atoms with Crippen molar-refractivity contribution in [3.8, 4) is 0 Å². The summed E-state index contributed by atoms with van der Waals surface area (Å²) < 4.78 is 17.5. The standard InChI is InChI=1S/C11H10ClFO3/c1-6(11(15)16-2)10(14)7-3-4-8(12)9(13)5-7/h3-5,10,14H,1H2,2H3/t10-/m0/s1. The molecule has 86 valence electrons. The second-order valence-electron chi connectivity index (χ2n) is 3.09. The van der Waals surface area contributed by atoms with Gasteiger partial charge in [-0.1, -0.05) is 24.2 Å². The highest BCUT2D eigenvalue weighted by molar-refractivity contribution is 6.30. The van der Waals surface area contributed by atoms with Crippen LogP contribution in [-0.2, 0) is 9.53 Å². The van der Waals surface area contributed by atoms with Crippen LogP contribution in [0.25, 0.3) is 0 Å². The molecule has 0 fully saturated rings. The smallest absolute Gasteiger partial charge is 0.336 e. The van der Waals surface area contributed by atoms with Gasteiger partial charge in [0, 0.05) is 0 Å². The first kappa shape index (κ1) is 12.7. The quantitative estimate of drug-likeness (QED) is 0.655. The lowest BCUT2D eigenvalue weighted by Gasteiger charge is -2.12. The van der Waals surface area contributed by atoms with Crippen molar-refractivity contribution in [3.05, 3.63) is 46.8 Å². The van der Waals surface area contributed by atoms with Crippen LogP contribution in [0.4, 0.5) is 4.39 Å². The number of rotatable bonds is 3. The average molecular weight is 245 g/mol. The zero-order valence-corrected chi connectivity index (χ0v) is 9.29. The Hall–Kier alpha value is -1.39. The molecule has 1 rings (SSSR count). The van der Waals surface area contributed by atoms with E-state index in [1.165, 1.54) is 19.2 Å². The Morgan fingerprint density at radius 3 is 2.75 bits per heavy atom. The highest BCUT2D eigenvalue weighted by atomic mass is 35.5. The molecule has 0 aromatic heterocycles. The maximum Gasteiger partial charge on any atom is 0.336 e. The SMILES string of the molecule is C=C(C(=O)OC)[C@H](O)c1ccc(Cl)c(F)c1. The van der Waals surface area contributed by atoms with Gasteiger partial charge < -0.3 is 9.84 Å². The van der Waals surface area contributed by atoms with Crippen LogP contribution in [0.3, 0.4) is 0 Å². The number of aliphatic hydroxyl groups is 1. The van der Waals surface area contributed by atoms with Gasteiger partial charge in [-0.05, 0) is 17.7 Å². The van der Waals surface area contributed by atoms with Crippen molar-refractivity contribution >= 4 is 17.6 Å². The minimum Gasteiger partial charge on any atom is -0.466 e. The van der Waals surface area contributed by atoms with Gasteiger partial charge >= 0.3 is 5.97 Å². The molecule has 5 heteroatoms. The van der Waals surface area contributed by atoms with E-state index in [1.807, 2.05) is 0 Å². The van der Waals surface area contributed by atoms with Gasteiger partial charge in [0.2, 0.25) is 0 Å². The molecule has 0 aliphatic rings. The van der Waals surface area contributed by atoms with Gasteiger partial charge in [-0.25, -0.2) is 9.18 Å². The van der Waals surface area contributed by atoms with Crippen LogP contribution in [0.2, 0.25) is 5.02 Å². The summed E-state index contributed by atoms with van der Waals surface area (Å²) in [5, 5.41) is 9.64. The molecule has 0 radical (unpaired) electrons. The Bertz CT molecular complexity index is 431. The summed E-state index contributed by atoms with van der Waals surface area (Å²) in [6.45, 7) is 3.37. The second-order valence-corrected chi connectivity index (χ2v) is 3.50. The first-order chi connectivity index (χ1) is 7.47. The molecule has 3 nitrogen and oxygen atoms in total. The number of ether oxygens (including phenoxy) is 1. The number of aliphatic hydroxyl groups excluding tert-OH is 1. The molecule has 0 heterocycles. The molecule has 16 heavy (non-hydrogen) atoms. The zero-order valence-electron chi connectivity index (χ0n) is 8.54. The van der Waals surface area contributed by atoms with Crippen molar-refractivity contribution in [2.75, 3.05) is 7.11 Å². The van der Waals surface area contributed by atoms with Crippen molar-refractivity contribution in [2.24, 2.45) is 0 Å². The van der Waals surface area contributed by atoms with E-state index in [1.54, 1.807) is 0 Å². The molecule has 1 N–H and O–H groups in total. The molecule has 0 spiro atoms. The summed E-state index contributed by atoms with van der Waals surface area (Å²) in [7, 11) is 1.17. The topological polar surface area (TPSA) is 46.5 Å². The normalized spacial score (nSPS) is 12.0. The maximum absolute atomic E-state index is 13.1.